The molecule has 1 heterocycles. The van der Waals surface area contributed by atoms with Crippen LogP contribution in [-0.4, -0.2) is 34.1 Å². The highest BCUT2D eigenvalue weighted by Crippen LogP contribution is 2.32. The van der Waals surface area contributed by atoms with Crippen molar-refractivity contribution in [2.75, 3.05) is 13.1 Å². The van der Waals surface area contributed by atoms with Gasteiger partial charge in [-0.1, -0.05) is 19.9 Å². The summed E-state index contributed by atoms with van der Waals surface area (Å²) in [5.74, 6) is -0.620. The van der Waals surface area contributed by atoms with Crippen molar-refractivity contribution in [3.05, 3.63) is 23.8 Å². The van der Waals surface area contributed by atoms with Gasteiger partial charge in [0.15, 0.2) is 0 Å². The number of rotatable bonds is 1. The number of amides is 1. The maximum Gasteiger partial charge on any atom is 0.261 e. The first kappa shape index (κ1) is 12.7. The minimum atomic E-state index is -0.293. The van der Waals surface area contributed by atoms with E-state index in [4.69, 9.17) is 0 Å². The van der Waals surface area contributed by atoms with Crippen LogP contribution in [0.1, 0.15) is 37.0 Å². The second kappa shape index (κ2) is 4.52. The Morgan fingerprint density at radius 2 is 1.89 bits per heavy atom. The quantitative estimate of drug-likeness (QED) is 0.803. The third-order valence-electron chi connectivity index (χ3n) is 3.42. The van der Waals surface area contributed by atoms with Crippen molar-refractivity contribution in [3.8, 4) is 11.5 Å². The first-order valence-electron chi connectivity index (χ1n) is 6.21. The number of aromatic hydroxyl groups is 2. The molecule has 1 aliphatic heterocycles. The van der Waals surface area contributed by atoms with Crippen LogP contribution in [0.25, 0.3) is 0 Å². The average molecular weight is 249 g/mol. The first-order chi connectivity index (χ1) is 8.41. The third-order valence-corrected chi connectivity index (χ3v) is 3.42. The third kappa shape index (κ3) is 2.42. The second-order valence-electron chi connectivity index (χ2n) is 5.67. The van der Waals surface area contributed by atoms with Crippen molar-refractivity contribution < 1.29 is 15.0 Å². The van der Waals surface area contributed by atoms with Gasteiger partial charge in [0.1, 0.15) is 17.1 Å². The Kier molecular flexibility index (Phi) is 3.20. The average Bonchev–Trinajstić information content (AvgIpc) is 2.27. The van der Waals surface area contributed by atoms with E-state index in [1.807, 2.05) is 0 Å². The molecule has 0 bridgehead atoms. The lowest BCUT2D eigenvalue weighted by atomic mass is 9.84. The van der Waals surface area contributed by atoms with E-state index in [0.29, 0.717) is 13.1 Å². The van der Waals surface area contributed by atoms with E-state index in [0.717, 1.165) is 12.8 Å². The molecule has 1 aliphatic rings. The molecule has 0 unspecified atom stereocenters. The summed E-state index contributed by atoms with van der Waals surface area (Å²) in [7, 11) is 0. The van der Waals surface area contributed by atoms with Crippen LogP contribution in [0.4, 0.5) is 0 Å². The minimum Gasteiger partial charge on any atom is -0.507 e. The molecule has 1 fully saturated rings. The fraction of sp³-hybridized carbons (Fsp3) is 0.500. The van der Waals surface area contributed by atoms with Crippen molar-refractivity contribution >= 4 is 5.91 Å². The summed E-state index contributed by atoms with van der Waals surface area (Å²) in [6.45, 7) is 5.57. The van der Waals surface area contributed by atoms with Crippen molar-refractivity contribution in [2.24, 2.45) is 5.41 Å². The van der Waals surface area contributed by atoms with Gasteiger partial charge in [-0.3, -0.25) is 4.79 Å². The van der Waals surface area contributed by atoms with Crippen molar-refractivity contribution in [1.82, 2.24) is 4.90 Å². The summed E-state index contributed by atoms with van der Waals surface area (Å²) < 4.78 is 0. The summed E-state index contributed by atoms with van der Waals surface area (Å²) in [6.07, 6.45) is 2.04. The molecule has 1 aromatic carbocycles. The van der Waals surface area contributed by atoms with E-state index in [9.17, 15) is 15.0 Å². The molecule has 1 amide bonds. The van der Waals surface area contributed by atoms with Gasteiger partial charge in [-0.05, 0) is 30.4 Å². The van der Waals surface area contributed by atoms with Crippen LogP contribution in [0.2, 0.25) is 0 Å². The summed E-state index contributed by atoms with van der Waals surface area (Å²) in [4.78, 5) is 14.0. The van der Waals surface area contributed by atoms with Crippen LogP contribution >= 0.6 is 0 Å². The van der Waals surface area contributed by atoms with Crippen LogP contribution in [0.5, 0.6) is 11.5 Å². The van der Waals surface area contributed by atoms with Gasteiger partial charge in [-0.25, -0.2) is 0 Å². The molecule has 0 radical (unpaired) electrons. The molecule has 0 saturated carbocycles. The molecule has 0 aromatic heterocycles. The molecule has 2 rings (SSSR count). The Hall–Kier alpha value is -1.71. The topological polar surface area (TPSA) is 60.8 Å². The monoisotopic (exact) mass is 249 g/mol. The molecule has 1 saturated heterocycles. The standard InChI is InChI=1S/C14H19NO3/c1-14(2)7-4-8-15(9-14)13(18)12-10(16)5-3-6-11(12)17/h3,5-6,16-17H,4,7-9H2,1-2H3. The number of piperidine rings is 1. The van der Waals surface area contributed by atoms with E-state index < -0.39 is 0 Å². The van der Waals surface area contributed by atoms with E-state index in [1.165, 1.54) is 18.2 Å². The van der Waals surface area contributed by atoms with Gasteiger partial charge in [-0.15, -0.1) is 0 Å². The molecule has 0 atom stereocenters. The molecule has 0 aliphatic carbocycles. The van der Waals surface area contributed by atoms with Gasteiger partial charge in [0.2, 0.25) is 0 Å². The summed E-state index contributed by atoms with van der Waals surface area (Å²) in [6, 6.07) is 4.35. The SMILES string of the molecule is CC1(C)CCCN(C(=O)c2c(O)cccc2O)C1. The molecule has 2 N–H and O–H groups in total. The smallest absolute Gasteiger partial charge is 0.261 e. The number of benzene rings is 1. The van der Waals surface area contributed by atoms with Gasteiger partial charge in [0.25, 0.3) is 5.91 Å². The predicted molar refractivity (Wildman–Crippen MR) is 68.7 cm³/mol. The Bertz CT molecular complexity index is 448. The van der Waals surface area contributed by atoms with Crippen molar-refractivity contribution in [2.45, 2.75) is 26.7 Å². The van der Waals surface area contributed by atoms with Crippen molar-refractivity contribution in [3.63, 3.8) is 0 Å². The molecular weight excluding hydrogens is 230 g/mol. The van der Waals surface area contributed by atoms with E-state index in [1.54, 1.807) is 4.90 Å². The minimum absolute atomic E-state index is 0.00944. The van der Waals surface area contributed by atoms with Gasteiger partial charge < -0.3 is 15.1 Å². The number of carbonyl (C=O) groups is 1. The van der Waals surface area contributed by atoms with E-state index >= 15 is 0 Å². The lowest BCUT2D eigenvalue weighted by Gasteiger charge is -2.38. The van der Waals surface area contributed by atoms with Crippen LogP contribution in [-0.2, 0) is 0 Å². The molecule has 18 heavy (non-hydrogen) atoms. The zero-order valence-electron chi connectivity index (χ0n) is 10.8. The molecule has 1 aromatic rings. The predicted octanol–water partition coefficient (Wildman–Crippen LogP) is 2.36. The zero-order chi connectivity index (χ0) is 13.3. The number of hydrogen-bond acceptors (Lipinski definition) is 3. The van der Waals surface area contributed by atoms with E-state index in [2.05, 4.69) is 13.8 Å². The number of nitrogens with zero attached hydrogens (tertiary/aromatic N) is 1. The maximum atomic E-state index is 12.3. The summed E-state index contributed by atoms with van der Waals surface area (Å²) >= 11 is 0. The Morgan fingerprint density at radius 3 is 2.44 bits per heavy atom. The Balaban J connectivity index is 2.26. The highest BCUT2D eigenvalue weighted by Gasteiger charge is 2.31. The van der Waals surface area contributed by atoms with Crippen LogP contribution in [0, 0.1) is 5.41 Å². The number of phenolic OH excluding ortho intramolecular Hbond substituents is 2. The van der Waals surface area contributed by atoms with E-state index in [-0.39, 0.29) is 28.4 Å². The first-order valence-corrected chi connectivity index (χ1v) is 6.21. The number of hydrogen-bond donors (Lipinski definition) is 2. The largest absolute Gasteiger partial charge is 0.507 e. The Labute approximate surface area is 107 Å². The molecule has 4 heteroatoms. The lowest BCUT2D eigenvalue weighted by Crippen LogP contribution is -2.43. The normalized spacial score (nSPS) is 18.7. The molecule has 4 nitrogen and oxygen atoms in total. The maximum absolute atomic E-state index is 12.3. The van der Waals surface area contributed by atoms with Gasteiger partial charge in [0, 0.05) is 13.1 Å². The number of carbonyl (C=O) groups excluding carboxylic acids is 1. The zero-order valence-corrected chi connectivity index (χ0v) is 10.8. The van der Waals surface area contributed by atoms with Gasteiger partial charge >= 0.3 is 0 Å². The van der Waals surface area contributed by atoms with Crippen LogP contribution in [0.15, 0.2) is 18.2 Å². The van der Waals surface area contributed by atoms with Crippen molar-refractivity contribution in [1.29, 1.82) is 0 Å². The van der Waals surface area contributed by atoms with Gasteiger partial charge in [-0.2, -0.15) is 0 Å². The fourth-order valence-electron chi connectivity index (χ4n) is 2.50. The highest BCUT2D eigenvalue weighted by atomic mass is 16.3. The van der Waals surface area contributed by atoms with Crippen LogP contribution < -0.4 is 0 Å². The second-order valence-corrected chi connectivity index (χ2v) is 5.67. The van der Waals surface area contributed by atoms with Gasteiger partial charge in [0.05, 0.1) is 0 Å². The summed E-state index contributed by atoms with van der Waals surface area (Å²) in [5, 5.41) is 19.4. The molecular formula is C14H19NO3. The Morgan fingerprint density at radius 1 is 1.28 bits per heavy atom. The van der Waals surface area contributed by atoms with Crippen LogP contribution in [0.3, 0.4) is 0 Å². The fourth-order valence-corrected chi connectivity index (χ4v) is 2.50. The highest BCUT2D eigenvalue weighted by molar-refractivity contribution is 5.99. The molecule has 98 valence electrons. The lowest BCUT2D eigenvalue weighted by molar-refractivity contribution is 0.0577. The molecule has 0 spiro atoms. The number of likely N-dealkylation sites (tertiary alicyclic amines) is 1. The summed E-state index contributed by atoms with van der Waals surface area (Å²) in [5.41, 5.74) is 0.101. The number of phenols is 2.